The number of hydrogen-bond donors (Lipinski definition) is 1. The molecule has 0 heterocycles. The van der Waals surface area contributed by atoms with Crippen LogP contribution < -0.4 is 0 Å². The number of aryl methyl sites for hydroxylation is 2. The van der Waals surface area contributed by atoms with E-state index in [4.69, 9.17) is 0 Å². The molecule has 1 aliphatic rings. The van der Waals surface area contributed by atoms with Crippen molar-refractivity contribution in [3.63, 3.8) is 0 Å². The Hall–Kier alpha value is -0.860. The predicted molar refractivity (Wildman–Crippen MR) is 89.7 cm³/mol. The molecule has 21 heavy (non-hydrogen) atoms. The van der Waals surface area contributed by atoms with Crippen LogP contribution in [0.4, 0.5) is 0 Å². The van der Waals surface area contributed by atoms with E-state index in [0.29, 0.717) is 0 Å². The molecule has 0 bridgehead atoms. The summed E-state index contributed by atoms with van der Waals surface area (Å²) < 4.78 is 0. The fourth-order valence-electron chi connectivity index (χ4n) is 4.26. The van der Waals surface area contributed by atoms with Gasteiger partial charge in [-0.2, -0.15) is 0 Å². The van der Waals surface area contributed by atoms with Crippen LogP contribution in [0.15, 0.2) is 18.2 Å². The van der Waals surface area contributed by atoms with Crippen molar-refractivity contribution < 1.29 is 5.11 Å². The van der Waals surface area contributed by atoms with E-state index in [2.05, 4.69) is 50.8 Å². The molecular formula is C19H31NO. The molecule has 0 spiro atoms. The number of benzene rings is 1. The maximum Gasteiger partial charge on any atom is 0.0764 e. The fraction of sp³-hybridized carbons (Fsp3) is 0.684. The number of likely N-dealkylation sites (N-methyl/N-ethyl adjacent to an activating group) is 1. The monoisotopic (exact) mass is 289 g/mol. The van der Waals surface area contributed by atoms with Crippen molar-refractivity contribution in [2.75, 3.05) is 13.1 Å². The molecule has 1 N–H and O–H groups in total. The summed E-state index contributed by atoms with van der Waals surface area (Å²) in [4.78, 5) is 2.50. The van der Waals surface area contributed by atoms with Crippen molar-refractivity contribution in [2.24, 2.45) is 0 Å². The van der Waals surface area contributed by atoms with Crippen LogP contribution >= 0.6 is 0 Å². The van der Waals surface area contributed by atoms with Crippen molar-refractivity contribution in [3.05, 3.63) is 34.9 Å². The highest BCUT2D eigenvalue weighted by Crippen LogP contribution is 2.39. The second-order valence-electron chi connectivity index (χ2n) is 6.57. The zero-order valence-corrected chi connectivity index (χ0v) is 14.2. The fourth-order valence-corrected chi connectivity index (χ4v) is 4.26. The summed E-state index contributed by atoms with van der Waals surface area (Å²) in [6.45, 7) is 10.8. The molecule has 0 aromatic heterocycles. The second-order valence-corrected chi connectivity index (χ2v) is 6.57. The van der Waals surface area contributed by atoms with Gasteiger partial charge in [0.05, 0.1) is 6.10 Å². The Bertz CT molecular complexity index is 438. The summed E-state index contributed by atoms with van der Waals surface area (Å²) in [6, 6.07) is 6.43. The highest BCUT2D eigenvalue weighted by Gasteiger charge is 2.44. The summed E-state index contributed by atoms with van der Waals surface area (Å²) in [6.07, 6.45) is 5.30. The molecule has 2 heteroatoms. The topological polar surface area (TPSA) is 23.5 Å². The van der Waals surface area contributed by atoms with E-state index in [-0.39, 0.29) is 11.6 Å². The third-order valence-corrected chi connectivity index (χ3v) is 5.52. The van der Waals surface area contributed by atoms with Crippen LogP contribution in [0, 0.1) is 13.8 Å². The number of aliphatic hydroxyl groups excluding tert-OH is 1. The van der Waals surface area contributed by atoms with Gasteiger partial charge in [-0.25, -0.2) is 0 Å². The summed E-state index contributed by atoms with van der Waals surface area (Å²) in [5, 5.41) is 11.1. The maximum absolute atomic E-state index is 11.1. The maximum atomic E-state index is 11.1. The van der Waals surface area contributed by atoms with E-state index in [1.54, 1.807) is 0 Å². The Balaban J connectivity index is 2.25. The molecule has 1 unspecified atom stereocenters. The van der Waals surface area contributed by atoms with Gasteiger partial charge in [-0.1, -0.05) is 44.9 Å². The molecule has 1 fully saturated rings. The molecule has 2 rings (SSSR count). The predicted octanol–water partition coefficient (Wildman–Crippen LogP) is 3.86. The molecule has 2 nitrogen and oxygen atoms in total. The zero-order chi connectivity index (χ0) is 15.5. The van der Waals surface area contributed by atoms with Gasteiger partial charge in [-0.05, 0) is 56.5 Å². The second kappa shape index (κ2) is 6.93. The minimum absolute atomic E-state index is 0.00176. The first kappa shape index (κ1) is 16.5. The van der Waals surface area contributed by atoms with Crippen molar-refractivity contribution >= 4 is 0 Å². The van der Waals surface area contributed by atoms with Gasteiger partial charge >= 0.3 is 0 Å². The lowest BCUT2D eigenvalue weighted by molar-refractivity contribution is -0.0245. The summed E-state index contributed by atoms with van der Waals surface area (Å²) >= 11 is 0. The number of hydrogen-bond acceptors (Lipinski definition) is 2. The lowest BCUT2D eigenvalue weighted by Gasteiger charge is -2.44. The van der Waals surface area contributed by atoms with Crippen LogP contribution in [0.1, 0.15) is 56.2 Å². The van der Waals surface area contributed by atoms with Crippen LogP contribution in [-0.2, 0) is 6.42 Å². The van der Waals surface area contributed by atoms with Gasteiger partial charge in [0.25, 0.3) is 0 Å². The molecule has 1 aromatic rings. The van der Waals surface area contributed by atoms with E-state index in [9.17, 15) is 5.11 Å². The average Bonchev–Trinajstić information content (AvgIpc) is 2.95. The third-order valence-electron chi connectivity index (χ3n) is 5.52. The SMILES string of the molecule is CCN(CC)C1(C(O)Cc2c(C)cccc2C)CCCC1. The van der Waals surface area contributed by atoms with Crippen molar-refractivity contribution in [3.8, 4) is 0 Å². The molecule has 1 atom stereocenters. The van der Waals surface area contributed by atoms with Gasteiger partial charge in [0.1, 0.15) is 0 Å². The Morgan fingerprint density at radius 3 is 2.10 bits per heavy atom. The molecule has 0 radical (unpaired) electrons. The molecule has 0 amide bonds. The minimum atomic E-state index is -0.264. The van der Waals surface area contributed by atoms with Gasteiger partial charge in [0, 0.05) is 12.0 Å². The van der Waals surface area contributed by atoms with Gasteiger partial charge < -0.3 is 5.11 Å². The standard InChI is InChI=1S/C19H31NO/c1-5-20(6-2)19(12-7-8-13-19)18(21)14-17-15(3)10-9-11-16(17)4/h9-11,18,21H,5-8,12-14H2,1-4H3. The van der Waals surface area contributed by atoms with Gasteiger partial charge in [0.15, 0.2) is 0 Å². The Morgan fingerprint density at radius 1 is 1.10 bits per heavy atom. The van der Waals surface area contributed by atoms with Crippen LogP contribution in [0.5, 0.6) is 0 Å². The smallest absolute Gasteiger partial charge is 0.0764 e. The highest BCUT2D eigenvalue weighted by molar-refractivity contribution is 5.34. The first-order chi connectivity index (χ1) is 10.0. The van der Waals surface area contributed by atoms with E-state index in [1.807, 2.05) is 0 Å². The van der Waals surface area contributed by atoms with Crippen molar-refractivity contribution in [1.82, 2.24) is 4.90 Å². The average molecular weight is 289 g/mol. The van der Waals surface area contributed by atoms with E-state index in [0.717, 1.165) is 32.4 Å². The molecule has 0 saturated heterocycles. The van der Waals surface area contributed by atoms with Crippen LogP contribution in [0.2, 0.25) is 0 Å². The first-order valence-corrected chi connectivity index (χ1v) is 8.53. The Kier molecular flexibility index (Phi) is 5.45. The van der Waals surface area contributed by atoms with Crippen LogP contribution in [0.25, 0.3) is 0 Å². The molecular weight excluding hydrogens is 258 g/mol. The molecule has 0 aliphatic heterocycles. The summed E-state index contributed by atoms with van der Waals surface area (Å²) in [7, 11) is 0. The number of rotatable bonds is 6. The first-order valence-electron chi connectivity index (χ1n) is 8.53. The van der Waals surface area contributed by atoms with Crippen molar-refractivity contribution in [2.45, 2.75) is 71.4 Å². The van der Waals surface area contributed by atoms with E-state index >= 15 is 0 Å². The Labute approximate surface area is 130 Å². The minimum Gasteiger partial charge on any atom is -0.391 e. The number of aliphatic hydroxyl groups is 1. The largest absolute Gasteiger partial charge is 0.391 e. The molecule has 1 aromatic carbocycles. The van der Waals surface area contributed by atoms with E-state index < -0.39 is 0 Å². The normalized spacial score (nSPS) is 19.1. The van der Waals surface area contributed by atoms with Gasteiger partial charge in [0.2, 0.25) is 0 Å². The summed E-state index contributed by atoms with van der Waals surface area (Å²) in [5.74, 6) is 0. The summed E-state index contributed by atoms with van der Waals surface area (Å²) in [5.41, 5.74) is 3.95. The van der Waals surface area contributed by atoms with Gasteiger partial charge in [-0.3, -0.25) is 4.90 Å². The molecule has 1 aliphatic carbocycles. The lowest BCUT2D eigenvalue weighted by atomic mass is 9.83. The van der Waals surface area contributed by atoms with Gasteiger partial charge in [-0.15, -0.1) is 0 Å². The molecule has 118 valence electrons. The molecule has 1 saturated carbocycles. The van der Waals surface area contributed by atoms with Crippen LogP contribution in [-0.4, -0.2) is 34.7 Å². The van der Waals surface area contributed by atoms with Crippen LogP contribution in [0.3, 0.4) is 0 Å². The van der Waals surface area contributed by atoms with Crippen molar-refractivity contribution in [1.29, 1.82) is 0 Å². The van der Waals surface area contributed by atoms with E-state index in [1.165, 1.54) is 29.5 Å². The Morgan fingerprint density at radius 2 is 1.62 bits per heavy atom. The third kappa shape index (κ3) is 3.17. The number of nitrogens with zero attached hydrogens (tertiary/aromatic N) is 1. The zero-order valence-electron chi connectivity index (χ0n) is 14.2. The lowest BCUT2D eigenvalue weighted by Crippen LogP contribution is -2.55. The highest BCUT2D eigenvalue weighted by atomic mass is 16.3. The quantitative estimate of drug-likeness (QED) is 0.859.